The molecule has 4 nitrogen and oxygen atoms in total. The zero-order valence-corrected chi connectivity index (χ0v) is 9.66. The van der Waals surface area contributed by atoms with Gasteiger partial charge in [0.1, 0.15) is 6.04 Å². The maximum Gasteiger partial charge on any atom is 0.326 e. The summed E-state index contributed by atoms with van der Waals surface area (Å²) in [5, 5.41) is 11.6. The van der Waals surface area contributed by atoms with E-state index in [0.29, 0.717) is 12.8 Å². The van der Waals surface area contributed by atoms with Crippen LogP contribution in [0.25, 0.3) is 0 Å². The molecule has 1 rings (SSSR count). The van der Waals surface area contributed by atoms with E-state index >= 15 is 0 Å². The summed E-state index contributed by atoms with van der Waals surface area (Å²) in [5.74, 6) is -1.10. The van der Waals surface area contributed by atoms with Gasteiger partial charge in [0.05, 0.1) is 0 Å². The third kappa shape index (κ3) is 2.84. The second kappa shape index (κ2) is 5.14. The van der Waals surface area contributed by atoms with Gasteiger partial charge in [-0.15, -0.1) is 6.58 Å². The SMILES string of the molecule is C=CCCC(NC(=O)C1(C)CCC1)C(=O)O. The van der Waals surface area contributed by atoms with Crippen LogP contribution in [-0.2, 0) is 9.59 Å². The Bertz CT molecular complexity index is 295. The summed E-state index contributed by atoms with van der Waals surface area (Å²) in [6, 6.07) is -0.789. The van der Waals surface area contributed by atoms with Crippen LogP contribution in [0.15, 0.2) is 12.7 Å². The van der Waals surface area contributed by atoms with Crippen molar-refractivity contribution in [3.63, 3.8) is 0 Å². The molecule has 0 spiro atoms. The van der Waals surface area contributed by atoms with E-state index < -0.39 is 12.0 Å². The number of carboxylic acid groups (broad SMARTS) is 1. The van der Waals surface area contributed by atoms with Crippen molar-refractivity contribution in [3.05, 3.63) is 12.7 Å². The lowest BCUT2D eigenvalue weighted by molar-refractivity contribution is -0.145. The van der Waals surface area contributed by atoms with Crippen molar-refractivity contribution in [2.75, 3.05) is 0 Å². The van der Waals surface area contributed by atoms with Gasteiger partial charge in [-0.2, -0.15) is 0 Å². The summed E-state index contributed by atoms with van der Waals surface area (Å²) in [7, 11) is 0. The summed E-state index contributed by atoms with van der Waals surface area (Å²) in [6.45, 7) is 5.43. The Morgan fingerprint density at radius 3 is 2.56 bits per heavy atom. The summed E-state index contributed by atoms with van der Waals surface area (Å²) in [5.41, 5.74) is -0.345. The quantitative estimate of drug-likeness (QED) is 0.676. The highest BCUT2D eigenvalue weighted by Gasteiger charge is 2.40. The first-order valence-electron chi connectivity index (χ1n) is 5.64. The van der Waals surface area contributed by atoms with Gasteiger partial charge in [-0.25, -0.2) is 4.79 Å². The van der Waals surface area contributed by atoms with Gasteiger partial charge in [0.2, 0.25) is 5.91 Å². The predicted octanol–water partition coefficient (Wildman–Crippen LogP) is 1.71. The van der Waals surface area contributed by atoms with Crippen LogP contribution >= 0.6 is 0 Å². The molecule has 0 radical (unpaired) electrons. The van der Waals surface area contributed by atoms with Crippen LogP contribution < -0.4 is 5.32 Å². The molecule has 0 bridgehead atoms. The molecule has 90 valence electrons. The fraction of sp³-hybridized carbons (Fsp3) is 0.667. The lowest BCUT2D eigenvalue weighted by Crippen LogP contribution is -2.49. The van der Waals surface area contributed by atoms with Crippen LogP contribution in [0.4, 0.5) is 0 Å². The summed E-state index contributed by atoms with van der Waals surface area (Å²) in [6.07, 6.45) is 5.41. The average Bonchev–Trinajstić information content (AvgIpc) is 2.19. The predicted molar refractivity (Wildman–Crippen MR) is 61.0 cm³/mol. The number of aliphatic carboxylic acids is 1. The minimum absolute atomic E-state index is 0.129. The second-order valence-electron chi connectivity index (χ2n) is 4.64. The average molecular weight is 225 g/mol. The first kappa shape index (κ1) is 12.7. The number of allylic oxidation sites excluding steroid dienone is 1. The van der Waals surface area contributed by atoms with Gasteiger partial charge in [0.25, 0.3) is 0 Å². The molecule has 1 fully saturated rings. The molecular formula is C12H19NO3. The number of carbonyl (C=O) groups is 2. The van der Waals surface area contributed by atoms with Crippen LogP contribution in [0.2, 0.25) is 0 Å². The van der Waals surface area contributed by atoms with Gasteiger partial charge in [-0.3, -0.25) is 4.79 Å². The molecule has 0 aromatic heterocycles. The van der Waals surface area contributed by atoms with E-state index in [1.807, 2.05) is 6.92 Å². The van der Waals surface area contributed by atoms with Gasteiger partial charge >= 0.3 is 5.97 Å². The summed E-state index contributed by atoms with van der Waals surface area (Å²) in [4.78, 5) is 22.7. The fourth-order valence-electron chi connectivity index (χ4n) is 1.81. The summed E-state index contributed by atoms with van der Waals surface area (Å²) >= 11 is 0. The second-order valence-corrected chi connectivity index (χ2v) is 4.64. The van der Waals surface area contributed by atoms with Crippen LogP contribution in [-0.4, -0.2) is 23.0 Å². The molecule has 1 aliphatic carbocycles. The lowest BCUT2D eigenvalue weighted by atomic mass is 9.69. The van der Waals surface area contributed by atoms with Crippen molar-refractivity contribution in [3.8, 4) is 0 Å². The molecule has 16 heavy (non-hydrogen) atoms. The van der Waals surface area contributed by atoms with Crippen molar-refractivity contribution in [2.45, 2.75) is 45.1 Å². The lowest BCUT2D eigenvalue weighted by Gasteiger charge is -2.37. The molecule has 1 saturated carbocycles. The first-order valence-corrected chi connectivity index (χ1v) is 5.64. The molecule has 4 heteroatoms. The molecule has 2 N–H and O–H groups in total. The Labute approximate surface area is 95.7 Å². The standard InChI is InChI=1S/C12H19NO3/c1-3-4-6-9(10(14)15)13-11(16)12(2)7-5-8-12/h3,9H,1,4-8H2,2H3,(H,13,16)(H,14,15). The van der Waals surface area contributed by atoms with Crippen molar-refractivity contribution < 1.29 is 14.7 Å². The smallest absolute Gasteiger partial charge is 0.326 e. The molecule has 1 aliphatic rings. The van der Waals surface area contributed by atoms with Crippen molar-refractivity contribution >= 4 is 11.9 Å². The molecule has 1 unspecified atom stereocenters. The zero-order chi connectivity index (χ0) is 12.2. The number of rotatable bonds is 6. The Kier molecular flexibility index (Phi) is 4.10. The maximum atomic E-state index is 11.8. The summed E-state index contributed by atoms with van der Waals surface area (Å²) < 4.78 is 0. The molecule has 1 amide bonds. The molecule has 0 saturated heterocycles. The number of amides is 1. The normalized spacial score (nSPS) is 19.3. The van der Waals surface area contributed by atoms with Crippen molar-refractivity contribution in [1.82, 2.24) is 5.32 Å². The van der Waals surface area contributed by atoms with Gasteiger partial charge in [0.15, 0.2) is 0 Å². The Morgan fingerprint density at radius 2 is 2.19 bits per heavy atom. The largest absolute Gasteiger partial charge is 0.480 e. The van der Waals surface area contributed by atoms with E-state index in [2.05, 4.69) is 11.9 Å². The van der Waals surface area contributed by atoms with Gasteiger partial charge < -0.3 is 10.4 Å². The molecule has 1 atom stereocenters. The Morgan fingerprint density at radius 1 is 1.56 bits per heavy atom. The van der Waals surface area contributed by atoms with Crippen molar-refractivity contribution in [2.24, 2.45) is 5.41 Å². The van der Waals surface area contributed by atoms with E-state index in [1.54, 1.807) is 6.08 Å². The molecule has 0 aromatic rings. The molecule has 0 heterocycles. The third-order valence-electron chi connectivity index (χ3n) is 3.27. The van der Waals surface area contributed by atoms with Crippen LogP contribution in [0.3, 0.4) is 0 Å². The topological polar surface area (TPSA) is 66.4 Å². The van der Waals surface area contributed by atoms with Gasteiger partial charge in [0, 0.05) is 5.41 Å². The van der Waals surface area contributed by atoms with Gasteiger partial charge in [-0.1, -0.05) is 19.4 Å². The highest BCUT2D eigenvalue weighted by atomic mass is 16.4. The number of hydrogen-bond acceptors (Lipinski definition) is 2. The number of carboxylic acids is 1. The number of hydrogen-bond donors (Lipinski definition) is 2. The third-order valence-corrected chi connectivity index (χ3v) is 3.27. The Balaban J connectivity index is 2.50. The monoisotopic (exact) mass is 225 g/mol. The van der Waals surface area contributed by atoms with Gasteiger partial charge in [-0.05, 0) is 25.7 Å². The Hall–Kier alpha value is -1.32. The highest BCUT2D eigenvalue weighted by Crippen LogP contribution is 2.40. The first-order chi connectivity index (χ1) is 7.49. The molecule has 0 aliphatic heterocycles. The van der Waals surface area contributed by atoms with Crippen LogP contribution in [0.5, 0.6) is 0 Å². The van der Waals surface area contributed by atoms with E-state index in [9.17, 15) is 9.59 Å². The molecular weight excluding hydrogens is 206 g/mol. The maximum absolute atomic E-state index is 11.8. The molecule has 0 aromatic carbocycles. The van der Waals surface area contributed by atoms with Crippen LogP contribution in [0, 0.1) is 5.41 Å². The van der Waals surface area contributed by atoms with E-state index in [4.69, 9.17) is 5.11 Å². The van der Waals surface area contributed by atoms with Crippen LogP contribution in [0.1, 0.15) is 39.0 Å². The highest BCUT2D eigenvalue weighted by molar-refractivity contribution is 5.87. The minimum Gasteiger partial charge on any atom is -0.480 e. The minimum atomic E-state index is -0.974. The zero-order valence-electron chi connectivity index (χ0n) is 9.66. The van der Waals surface area contributed by atoms with E-state index in [-0.39, 0.29) is 11.3 Å². The van der Waals surface area contributed by atoms with E-state index in [1.165, 1.54) is 0 Å². The fourth-order valence-corrected chi connectivity index (χ4v) is 1.81. The van der Waals surface area contributed by atoms with E-state index in [0.717, 1.165) is 19.3 Å². The number of carbonyl (C=O) groups excluding carboxylic acids is 1. The van der Waals surface area contributed by atoms with Crippen molar-refractivity contribution in [1.29, 1.82) is 0 Å². The number of nitrogens with one attached hydrogen (secondary N) is 1.